The minimum atomic E-state index is -0.0773. The molecule has 1 unspecified atom stereocenters. The highest BCUT2D eigenvalue weighted by Crippen LogP contribution is 2.43. The standard InChI is InChI=1S/C15H28N2OS2/c1-13(2)10-11(14(3,4)18-13)17-8-6-15(20-5,7-9-17)12(16)19/h11H,6-10H2,1-5H3,(H2,16,19). The van der Waals surface area contributed by atoms with Crippen molar-refractivity contribution in [3.63, 3.8) is 0 Å². The van der Waals surface area contributed by atoms with Gasteiger partial charge in [-0.15, -0.1) is 0 Å². The molecule has 0 radical (unpaired) electrons. The summed E-state index contributed by atoms with van der Waals surface area (Å²) in [6.45, 7) is 10.9. The number of thiocarbonyl (C=S) groups is 1. The van der Waals surface area contributed by atoms with Crippen molar-refractivity contribution < 1.29 is 4.74 Å². The summed E-state index contributed by atoms with van der Waals surface area (Å²) < 4.78 is 6.24. The van der Waals surface area contributed by atoms with Crippen LogP contribution in [0.1, 0.15) is 47.0 Å². The number of nitrogens with zero attached hydrogens (tertiary/aromatic N) is 1. The summed E-state index contributed by atoms with van der Waals surface area (Å²) in [4.78, 5) is 3.26. The Morgan fingerprint density at radius 2 is 1.80 bits per heavy atom. The molecule has 0 saturated carbocycles. The molecular weight excluding hydrogens is 288 g/mol. The van der Waals surface area contributed by atoms with Gasteiger partial charge in [-0.1, -0.05) is 12.2 Å². The summed E-state index contributed by atoms with van der Waals surface area (Å²) in [5.74, 6) is 0. The Morgan fingerprint density at radius 3 is 2.15 bits per heavy atom. The lowest BCUT2D eigenvalue weighted by Gasteiger charge is -2.44. The van der Waals surface area contributed by atoms with Crippen molar-refractivity contribution in [1.29, 1.82) is 0 Å². The number of ether oxygens (including phenoxy) is 1. The fourth-order valence-electron chi connectivity index (χ4n) is 3.85. The molecule has 0 aromatic heterocycles. The maximum absolute atomic E-state index is 6.23. The van der Waals surface area contributed by atoms with Crippen molar-refractivity contribution in [3.8, 4) is 0 Å². The Kier molecular flexibility index (Phi) is 4.48. The topological polar surface area (TPSA) is 38.5 Å². The van der Waals surface area contributed by atoms with E-state index in [2.05, 4.69) is 38.9 Å². The number of hydrogen-bond donors (Lipinski definition) is 1. The predicted octanol–water partition coefficient (Wildman–Crippen LogP) is 2.82. The van der Waals surface area contributed by atoms with Crippen LogP contribution in [0.25, 0.3) is 0 Å². The number of piperidine rings is 1. The average molecular weight is 317 g/mol. The van der Waals surface area contributed by atoms with Crippen LogP contribution in [0.4, 0.5) is 0 Å². The second-order valence-corrected chi connectivity index (χ2v) is 8.91. The molecule has 0 aromatic carbocycles. The van der Waals surface area contributed by atoms with Crippen LogP contribution in [0.5, 0.6) is 0 Å². The zero-order valence-corrected chi connectivity index (χ0v) is 15.0. The van der Waals surface area contributed by atoms with Gasteiger partial charge in [0.1, 0.15) is 0 Å². The highest BCUT2D eigenvalue weighted by molar-refractivity contribution is 8.02. The smallest absolute Gasteiger partial charge is 0.0891 e. The number of likely N-dealkylation sites (tertiary alicyclic amines) is 1. The Morgan fingerprint density at radius 1 is 1.25 bits per heavy atom. The number of hydrogen-bond acceptors (Lipinski definition) is 4. The van der Waals surface area contributed by atoms with Crippen LogP contribution in [0, 0.1) is 0 Å². The van der Waals surface area contributed by atoms with E-state index in [0.717, 1.165) is 32.4 Å². The van der Waals surface area contributed by atoms with Crippen LogP contribution in [-0.4, -0.2) is 51.2 Å². The van der Waals surface area contributed by atoms with E-state index in [1.807, 2.05) is 11.8 Å². The van der Waals surface area contributed by atoms with Crippen molar-refractivity contribution in [2.24, 2.45) is 5.73 Å². The van der Waals surface area contributed by atoms with Gasteiger partial charge in [0.15, 0.2) is 0 Å². The molecular formula is C15H28N2OS2. The van der Waals surface area contributed by atoms with Gasteiger partial charge in [0, 0.05) is 19.1 Å². The minimum absolute atomic E-state index is 0.00492. The first kappa shape index (κ1) is 16.5. The predicted molar refractivity (Wildman–Crippen MR) is 91.5 cm³/mol. The van der Waals surface area contributed by atoms with E-state index in [1.165, 1.54) is 0 Å². The molecule has 1 atom stereocenters. The van der Waals surface area contributed by atoms with Crippen LogP contribution in [0.15, 0.2) is 0 Å². The van der Waals surface area contributed by atoms with Gasteiger partial charge in [-0.3, -0.25) is 4.90 Å². The van der Waals surface area contributed by atoms with Crippen molar-refractivity contribution in [3.05, 3.63) is 0 Å². The summed E-state index contributed by atoms with van der Waals surface area (Å²) in [7, 11) is 0. The van der Waals surface area contributed by atoms with Gasteiger partial charge in [0.25, 0.3) is 0 Å². The molecule has 2 rings (SSSR count). The Balaban J connectivity index is 2.06. The third-order valence-corrected chi connectivity index (χ3v) is 6.84. The van der Waals surface area contributed by atoms with Crippen molar-refractivity contribution in [2.75, 3.05) is 19.3 Å². The van der Waals surface area contributed by atoms with Crippen molar-refractivity contribution >= 4 is 29.0 Å². The van der Waals surface area contributed by atoms with E-state index in [1.54, 1.807) is 0 Å². The lowest BCUT2D eigenvalue weighted by Crippen LogP contribution is -2.55. The molecule has 2 saturated heterocycles. The van der Waals surface area contributed by atoms with Gasteiger partial charge in [-0.2, -0.15) is 11.8 Å². The average Bonchev–Trinajstić information content (AvgIpc) is 2.57. The molecule has 116 valence electrons. The Hall–Kier alpha value is 0.160. The van der Waals surface area contributed by atoms with E-state index in [-0.39, 0.29) is 15.9 Å². The molecule has 20 heavy (non-hydrogen) atoms. The molecule has 0 spiro atoms. The van der Waals surface area contributed by atoms with Crippen LogP contribution in [0.2, 0.25) is 0 Å². The summed E-state index contributed by atoms with van der Waals surface area (Å²) >= 11 is 7.12. The lowest BCUT2D eigenvalue weighted by atomic mass is 9.88. The zero-order chi connectivity index (χ0) is 15.2. The minimum Gasteiger partial charge on any atom is -0.392 e. The number of nitrogens with two attached hydrogens (primary N) is 1. The maximum atomic E-state index is 6.23. The van der Waals surface area contributed by atoms with E-state index in [0.29, 0.717) is 11.0 Å². The summed E-state index contributed by atoms with van der Waals surface area (Å²) in [5, 5.41) is 0. The van der Waals surface area contributed by atoms with Crippen molar-refractivity contribution in [1.82, 2.24) is 4.90 Å². The largest absolute Gasteiger partial charge is 0.392 e. The van der Waals surface area contributed by atoms with Crippen molar-refractivity contribution in [2.45, 2.75) is 68.9 Å². The molecule has 2 aliphatic heterocycles. The van der Waals surface area contributed by atoms with E-state index < -0.39 is 0 Å². The van der Waals surface area contributed by atoms with Gasteiger partial charge in [0.2, 0.25) is 0 Å². The molecule has 0 bridgehead atoms. The normalized spacial score (nSPS) is 32.1. The van der Waals surface area contributed by atoms with Gasteiger partial charge in [-0.05, 0) is 53.2 Å². The molecule has 2 aliphatic rings. The molecule has 0 aromatic rings. The van der Waals surface area contributed by atoms with Gasteiger partial charge in [-0.25, -0.2) is 0 Å². The third kappa shape index (κ3) is 3.01. The maximum Gasteiger partial charge on any atom is 0.0891 e. The summed E-state index contributed by atoms with van der Waals surface area (Å²) in [6, 6.07) is 0.490. The molecule has 2 N–H and O–H groups in total. The van der Waals surface area contributed by atoms with Crippen LogP contribution < -0.4 is 5.73 Å². The first-order valence-electron chi connectivity index (χ1n) is 7.41. The molecule has 3 nitrogen and oxygen atoms in total. The number of rotatable bonds is 3. The third-order valence-electron chi connectivity index (χ3n) is 4.91. The van der Waals surface area contributed by atoms with E-state index in [4.69, 9.17) is 22.7 Å². The van der Waals surface area contributed by atoms with Gasteiger partial charge in [0.05, 0.1) is 20.9 Å². The van der Waals surface area contributed by atoms with Crippen LogP contribution >= 0.6 is 24.0 Å². The van der Waals surface area contributed by atoms with Gasteiger partial charge < -0.3 is 10.5 Å². The van der Waals surface area contributed by atoms with Crippen LogP contribution in [-0.2, 0) is 4.74 Å². The molecule has 5 heteroatoms. The van der Waals surface area contributed by atoms with E-state index >= 15 is 0 Å². The monoisotopic (exact) mass is 316 g/mol. The first-order valence-corrected chi connectivity index (χ1v) is 9.04. The fraction of sp³-hybridized carbons (Fsp3) is 0.933. The Labute approximate surface area is 133 Å². The number of thioether (sulfide) groups is 1. The molecule has 0 amide bonds. The molecule has 2 heterocycles. The molecule has 2 fully saturated rings. The SMILES string of the molecule is CSC1(C(N)=S)CCN(C2CC(C)(C)OC2(C)C)CC1. The Bertz CT molecular complexity index is 387. The molecule has 0 aliphatic carbocycles. The quantitative estimate of drug-likeness (QED) is 0.811. The second-order valence-electron chi connectivity index (χ2n) is 7.28. The highest BCUT2D eigenvalue weighted by atomic mass is 32.2. The van der Waals surface area contributed by atoms with Gasteiger partial charge >= 0.3 is 0 Å². The second kappa shape index (κ2) is 5.41. The highest BCUT2D eigenvalue weighted by Gasteiger charge is 2.50. The lowest BCUT2D eigenvalue weighted by molar-refractivity contribution is -0.0819. The van der Waals surface area contributed by atoms with Crippen LogP contribution in [0.3, 0.4) is 0 Å². The fourth-order valence-corrected chi connectivity index (χ4v) is 5.10. The summed E-state index contributed by atoms with van der Waals surface area (Å²) in [6.07, 6.45) is 5.33. The summed E-state index contributed by atoms with van der Waals surface area (Å²) in [5.41, 5.74) is 5.88. The van der Waals surface area contributed by atoms with E-state index in [9.17, 15) is 0 Å². The zero-order valence-electron chi connectivity index (χ0n) is 13.4. The first-order chi connectivity index (χ1) is 9.12.